The fourth-order valence-corrected chi connectivity index (χ4v) is 2.85. The van der Waals surface area contributed by atoms with Crippen molar-refractivity contribution in [2.75, 3.05) is 5.32 Å². The number of aromatic nitrogens is 2. The third kappa shape index (κ3) is 2.34. The van der Waals surface area contributed by atoms with E-state index in [-0.39, 0.29) is 29.4 Å². The predicted molar refractivity (Wildman–Crippen MR) is 76.8 cm³/mol. The van der Waals surface area contributed by atoms with Gasteiger partial charge in [-0.3, -0.25) is 19.4 Å². The van der Waals surface area contributed by atoms with Crippen LogP contribution in [-0.2, 0) is 4.79 Å². The van der Waals surface area contributed by atoms with Crippen LogP contribution in [0.3, 0.4) is 0 Å². The molecule has 2 heterocycles. The van der Waals surface area contributed by atoms with Crippen LogP contribution in [0.4, 0.5) is 19.0 Å². The van der Waals surface area contributed by atoms with Crippen molar-refractivity contribution < 1.29 is 18.0 Å². The number of anilines is 1. The third-order valence-electron chi connectivity index (χ3n) is 3.92. The minimum Gasteiger partial charge on any atom is -0.311 e. The molecule has 23 heavy (non-hydrogen) atoms. The van der Waals surface area contributed by atoms with Crippen LogP contribution < -0.4 is 10.9 Å². The molecular formula is C15H14F3N3O2. The maximum Gasteiger partial charge on any atom is 0.270 e. The lowest BCUT2D eigenvalue weighted by Gasteiger charge is -2.24. The molecule has 1 unspecified atom stereocenters. The Labute approximate surface area is 129 Å². The van der Waals surface area contributed by atoms with Gasteiger partial charge < -0.3 is 5.32 Å². The lowest BCUT2D eigenvalue weighted by atomic mass is 9.86. The van der Waals surface area contributed by atoms with Crippen molar-refractivity contribution in [1.82, 2.24) is 9.78 Å². The zero-order valence-electron chi connectivity index (χ0n) is 12.4. The summed E-state index contributed by atoms with van der Waals surface area (Å²) < 4.78 is 42.2. The van der Waals surface area contributed by atoms with Gasteiger partial charge in [-0.05, 0) is 25.5 Å². The number of nitrogens with zero attached hydrogens (tertiary/aromatic N) is 1. The normalized spacial score (nSPS) is 17.3. The highest BCUT2D eigenvalue weighted by Gasteiger charge is 2.35. The first-order valence-corrected chi connectivity index (χ1v) is 7.09. The van der Waals surface area contributed by atoms with Gasteiger partial charge in [0.15, 0.2) is 17.5 Å². The van der Waals surface area contributed by atoms with E-state index in [0.717, 1.165) is 12.1 Å². The molecule has 0 saturated heterocycles. The van der Waals surface area contributed by atoms with Crippen LogP contribution in [0.2, 0.25) is 0 Å². The van der Waals surface area contributed by atoms with Crippen molar-refractivity contribution in [3.8, 4) is 0 Å². The van der Waals surface area contributed by atoms with Crippen LogP contribution >= 0.6 is 0 Å². The second-order valence-corrected chi connectivity index (χ2v) is 5.74. The first kappa shape index (κ1) is 15.4. The standard InChI is InChI=1S/C15H14F3N3O2/c1-6(2)21-14-11(15(23)20-21)8(5-10(22)19-14)7-3-4-9(16)13(18)12(7)17/h3-4,6,8H,5H2,1-2H3,(H,19,22)(H,20,23). The molecule has 0 saturated carbocycles. The molecule has 0 aliphatic carbocycles. The summed E-state index contributed by atoms with van der Waals surface area (Å²) in [6.45, 7) is 3.59. The summed E-state index contributed by atoms with van der Waals surface area (Å²) in [5.74, 6) is -5.49. The number of carbonyl (C=O) groups is 1. The fourth-order valence-electron chi connectivity index (χ4n) is 2.85. The van der Waals surface area contributed by atoms with E-state index in [1.165, 1.54) is 4.68 Å². The highest BCUT2D eigenvalue weighted by molar-refractivity contribution is 5.94. The van der Waals surface area contributed by atoms with E-state index < -0.39 is 34.8 Å². The Morgan fingerprint density at radius 3 is 2.52 bits per heavy atom. The Kier molecular flexibility index (Phi) is 3.54. The fraction of sp³-hybridized carbons (Fsp3) is 0.333. The maximum atomic E-state index is 14.1. The van der Waals surface area contributed by atoms with E-state index in [0.29, 0.717) is 0 Å². The maximum absolute atomic E-state index is 14.1. The number of benzene rings is 1. The number of halogens is 3. The monoisotopic (exact) mass is 325 g/mol. The molecule has 0 fully saturated rings. The average molecular weight is 325 g/mol. The molecule has 0 spiro atoms. The first-order valence-electron chi connectivity index (χ1n) is 7.09. The summed E-state index contributed by atoms with van der Waals surface area (Å²) in [7, 11) is 0. The lowest BCUT2D eigenvalue weighted by molar-refractivity contribution is -0.116. The van der Waals surface area contributed by atoms with Gasteiger partial charge in [0.25, 0.3) is 5.56 Å². The third-order valence-corrected chi connectivity index (χ3v) is 3.92. The molecule has 8 heteroatoms. The molecule has 122 valence electrons. The molecule has 1 amide bonds. The Bertz CT molecular complexity index is 854. The topological polar surface area (TPSA) is 66.9 Å². The van der Waals surface area contributed by atoms with Gasteiger partial charge in [-0.25, -0.2) is 13.2 Å². The number of fused-ring (bicyclic) bond motifs is 1. The number of hydrogen-bond donors (Lipinski definition) is 2. The Balaban J connectivity index is 2.23. The van der Waals surface area contributed by atoms with Crippen LogP contribution in [0.15, 0.2) is 16.9 Å². The van der Waals surface area contributed by atoms with Gasteiger partial charge in [0, 0.05) is 18.4 Å². The molecule has 3 rings (SSSR count). The van der Waals surface area contributed by atoms with Crippen molar-refractivity contribution in [3.05, 3.63) is 51.1 Å². The van der Waals surface area contributed by atoms with E-state index in [1.54, 1.807) is 13.8 Å². The Morgan fingerprint density at radius 2 is 1.87 bits per heavy atom. The summed E-state index contributed by atoms with van der Waals surface area (Å²) in [5, 5.41) is 5.15. The first-order chi connectivity index (χ1) is 10.8. The summed E-state index contributed by atoms with van der Waals surface area (Å²) in [5.41, 5.74) is -0.571. The van der Waals surface area contributed by atoms with Gasteiger partial charge in [-0.1, -0.05) is 6.07 Å². The molecule has 0 bridgehead atoms. The van der Waals surface area contributed by atoms with E-state index in [2.05, 4.69) is 10.4 Å². The number of amides is 1. The largest absolute Gasteiger partial charge is 0.311 e. The minimum atomic E-state index is -1.62. The quantitative estimate of drug-likeness (QED) is 0.834. The molecule has 2 N–H and O–H groups in total. The van der Waals surface area contributed by atoms with Crippen LogP contribution in [0.5, 0.6) is 0 Å². The van der Waals surface area contributed by atoms with Crippen molar-refractivity contribution in [2.45, 2.75) is 32.2 Å². The molecular weight excluding hydrogens is 311 g/mol. The number of aromatic amines is 1. The van der Waals surface area contributed by atoms with Gasteiger partial charge >= 0.3 is 0 Å². The number of carbonyl (C=O) groups excluding carboxylic acids is 1. The zero-order valence-corrected chi connectivity index (χ0v) is 12.4. The molecule has 1 aromatic heterocycles. The van der Waals surface area contributed by atoms with Crippen LogP contribution in [0.1, 0.15) is 43.4 Å². The number of nitrogens with one attached hydrogen (secondary N) is 2. The second-order valence-electron chi connectivity index (χ2n) is 5.74. The highest BCUT2D eigenvalue weighted by atomic mass is 19.2. The number of rotatable bonds is 2. The van der Waals surface area contributed by atoms with Gasteiger partial charge in [0.1, 0.15) is 5.82 Å². The molecule has 1 aliphatic rings. The molecule has 1 atom stereocenters. The van der Waals surface area contributed by atoms with Gasteiger partial charge in [-0.2, -0.15) is 0 Å². The van der Waals surface area contributed by atoms with E-state index >= 15 is 0 Å². The van der Waals surface area contributed by atoms with Crippen molar-refractivity contribution in [2.24, 2.45) is 0 Å². The Hall–Kier alpha value is -2.51. The number of hydrogen-bond acceptors (Lipinski definition) is 2. The van der Waals surface area contributed by atoms with Gasteiger partial charge in [0.2, 0.25) is 5.91 Å². The molecule has 5 nitrogen and oxygen atoms in total. The summed E-state index contributed by atoms with van der Waals surface area (Å²) in [6.07, 6.45) is -0.222. The average Bonchev–Trinajstić information content (AvgIpc) is 2.81. The van der Waals surface area contributed by atoms with Crippen molar-refractivity contribution in [3.63, 3.8) is 0 Å². The summed E-state index contributed by atoms with van der Waals surface area (Å²) in [6, 6.07) is 1.70. The minimum absolute atomic E-state index is 0.142. The highest BCUT2D eigenvalue weighted by Crippen LogP contribution is 2.37. The second kappa shape index (κ2) is 5.29. The molecule has 0 radical (unpaired) electrons. The predicted octanol–water partition coefficient (Wildman–Crippen LogP) is 2.65. The molecule has 1 aromatic carbocycles. The van der Waals surface area contributed by atoms with Crippen molar-refractivity contribution in [1.29, 1.82) is 0 Å². The van der Waals surface area contributed by atoms with Gasteiger partial charge in [0.05, 0.1) is 5.56 Å². The van der Waals surface area contributed by atoms with Crippen LogP contribution in [0, 0.1) is 17.5 Å². The zero-order chi connectivity index (χ0) is 16.9. The summed E-state index contributed by atoms with van der Waals surface area (Å²) >= 11 is 0. The molecule has 1 aliphatic heterocycles. The SMILES string of the molecule is CC(C)n1[nH]c(=O)c2c1NC(=O)CC2c1ccc(F)c(F)c1F. The van der Waals surface area contributed by atoms with Crippen LogP contribution in [0.25, 0.3) is 0 Å². The Morgan fingerprint density at radius 1 is 1.17 bits per heavy atom. The van der Waals surface area contributed by atoms with E-state index in [1.807, 2.05) is 0 Å². The van der Waals surface area contributed by atoms with Gasteiger partial charge in [-0.15, -0.1) is 0 Å². The van der Waals surface area contributed by atoms with Crippen LogP contribution in [-0.4, -0.2) is 15.7 Å². The van der Waals surface area contributed by atoms with E-state index in [4.69, 9.17) is 0 Å². The van der Waals surface area contributed by atoms with Crippen molar-refractivity contribution >= 4 is 11.7 Å². The summed E-state index contributed by atoms with van der Waals surface area (Å²) in [4.78, 5) is 24.2. The smallest absolute Gasteiger partial charge is 0.270 e. The number of H-pyrrole nitrogens is 1. The lowest BCUT2D eigenvalue weighted by Crippen LogP contribution is -2.28. The molecule has 2 aromatic rings. The van der Waals surface area contributed by atoms with E-state index in [9.17, 15) is 22.8 Å².